The summed E-state index contributed by atoms with van der Waals surface area (Å²) in [6.07, 6.45) is 4.29. The van der Waals surface area contributed by atoms with E-state index in [2.05, 4.69) is 21.0 Å². The Morgan fingerprint density at radius 3 is 2.70 bits per heavy atom. The zero-order valence-electron chi connectivity index (χ0n) is 11.3. The molecular formula is C16H16N4. The van der Waals surface area contributed by atoms with Gasteiger partial charge in [0, 0.05) is 35.9 Å². The van der Waals surface area contributed by atoms with E-state index in [0.29, 0.717) is 5.82 Å². The molecule has 100 valence electrons. The summed E-state index contributed by atoms with van der Waals surface area (Å²) < 4.78 is 0. The Bertz CT molecular complexity index is 732. The van der Waals surface area contributed by atoms with E-state index < -0.39 is 0 Å². The van der Waals surface area contributed by atoms with Crippen LogP contribution in [0, 0.1) is 0 Å². The van der Waals surface area contributed by atoms with Crippen molar-refractivity contribution in [3.63, 3.8) is 0 Å². The molecule has 2 N–H and O–H groups in total. The number of rotatable bonds is 3. The average molecular weight is 264 g/mol. The van der Waals surface area contributed by atoms with Gasteiger partial charge >= 0.3 is 0 Å². The Morgan fingerprint density at radius 1 is 1.05 bits per heavy atom. The Hall–Kier alpha value is -2.33. The third-order valence-electron chi connectivity index (χ3n) is 3.13. The van der Waals surface area contributed by atoms with Crippen LogP contribution in [0.2, 0.25) is 0 Å². The van der Waals surface area contributed by atoms with Crippen molar-refractivity contribution in [1.29, 1.82) is 0 Å². The number of hydrogen-bond acceptors (Lipinski definition) is 4. The van der Waals surface area contributed by atoms with Crippen molar-refractivity contribution in [3.8, 4) is 11.5 Å². The maximum atomic E-state index is 5.83. The number of benzene rings is 1. The fourth-order valence-electron chi connectivity index (χ4n) is 2.25. The molecule has 4 heteroatoms. The largest absolute Gasteiger partial charge is 0.328 e. The first kappa shape index (κ1) is 12.7. The topological polar surface area (TPSA) is 64.7 Å². The van der Waals surface area contributed by atoms with Gasteiger partial charge in [0.25, 0.3) is 0 Å². The molecule has 0 bridgehead atoms. The summed E-state index contributed by atoms with van der Waals surface area (Å²) in [7, 11) is 0. The van der Waals surface area contributed by atoms with Gasteiger partial charge in [-0.05, 0) is 24.4 Å². The first-order chi connectivity index (χ1) is 9.74. The van der Waals surface area contributed by atoms with Crippen LogP contribution in [0.25, 0.3) is 22.3 Å². The SMILES string of the molecule is CC(N)Cc1ccnc(-c2nccc3ccccc23)n1. The summed E-state index contributed by atoms with van der Waals surface area (Å²) >= 11 is 0. The molecule has 4 nitrogen and oxygen atoms in total. The first-order valence-corrected chi connectivity index (χ1v) is 6.65. The van der Waals surface area contributed by atoms with E-state index in [-0.39, 0.29) is 6.04 Å². The molecule has 1 unspecified atom stereocenters. The molecule has 2 heterocycles. The maximum Gasteiger partial charge on any atom is 0.178 e. The predicted molar refractivity (Wildman–Crippen MR) is 80.1 cm³/mol. The van der Waals surface area contributed by atoms with Gasteiger partial charge in [-0.25, -0.2) is 9.97 Å². The van der Waals surface area contributed by atoms with E-state index in [1.54, 1.807) is 12.4 Å². The quantitative estimate of drug-likeness (QED) is 0.789. The number of fused-ring (bicyclic) bond motifs is 1. The van der Waals surface area contributed by atoms with Crippen LogP contribution in [0.4, 0.5) is 0 Å². The maximum absolute atomic E-state index is 5.83. The minimum atomic E-state index is 0.0817. The van der Waals surface area contributed by atoms with Crippen molar-refractivity contribution < 1.29 is 0 Å². The van der Waals surface area contributed by atoms with Crippen LogP contribution in [-0.4, -0.2) is 21.0 Å². The van der Waals surface area contributed by atoms with Crippen LogP contribution in [0.1, 0.15) is 12.6 Å². The zero-order chi connectivity index (χ0) is 13.9. The lowest BCUT2D eigenvalue weighted by atomic mass is 10.1. The van der Waals surface area contributed by atoms with Gasteiger partial charge in [-0.1, -0.05) is 24.3 Å². The number of aromatic nitrogens is 3. The number of hydrogen-bond donors (Lipinski definition) is 1. The van der Waals surface area contributed by atoms with Crippen LogP contribution in [0.5, 0.6) is 0 Å². The van der Waals surface area contributed by atoms with Crippen LogP contribution in [-0.2, 0) is 6.42 Å². The van der Waals surface area contributed by atoms with Gasteiger partial charge in [0.15, 0.2) is 5.82 Å². The summed E-state index contributed by atoms with van der Waals surface area (Å²) in [6, 6.07) is 12.1. The Labute approximate surface area is 117 Å². The fourth-order valence-corrected chi connectivity index (χ4v) is 2.25. The second-order valence-electron chi connectivity index (χ2n) is 4.93. The molecule has 0 saturated carbocycles. The molecular weight excluding hydrogens is 248 g/mol. The highest BCUT2D eigenvalue weighted by Gasteiger charge is 2.09. The van der Waals surface area contributed by atoms with Crippen LogP contribution in [0.15, 0.2) is 48.8 Å². The normalized spacial score (nSPS) is 12.5. The minimum Gasteiger partial charge on any atom is -0.328 e. The van der Waals surface area contributed by atoms with Gasteiger partial charge in [-0.3, -0.25) is 4.98 Å². The molecule has 0 fully saturated rings. The molecule has 20 heavy (non-hydrogen) atoms. The van der Waals surface area contributed by atoms with Gasteiger partial charge in [0.05, 0.1) is 0 Å². The highest BCUT2D eigenvalue weighted by molar-refractivity contribution is 5.92. The summed E-state index contributed by atoms with van der Waals surface area (Å²) in [5.41, 5.74) is 7.59. The summed E-state index contributed by atoms with van der Waals surface area (Å²) in [5.74, 6) is 0.653. The van der Waals surface area contributed by atoms with Gasteiger partial charge in [-0.15, -0.1) is 0 Å². The molecule has 0 saturated heterocycles. The summed E-state index contributed by atoms with van der Waals surface area (Å²) in [6.45, 7) is 1.97. The molecule has 0 amide bonds. The van der Waals surface area contributed by atoms with Crippen molar-refractivity contribution in [2.75, 3.05) is 0 Å². The minimum absolute atomic E-state index is 0.0817. The molecule has 1 aromatic carbocycles. The Balaban J connectivity index is 2.11. The van der Waals surface area contributed by atoms with Gasteiger partial charge in [0.1, 0.15) is 5.69 Å². The smallest absolute Gasteiger partial charge is 0.178 e. The van der Waals surface area contributed by atoms with Crippen molar-refractivity contribution in [3.05, 3.63) is 54.5 Å². The number of nitrogens with two attached hydrogens (primary N) is 1. The van der Waals surface area contributed by atoms with E-state index >= 15 is 0 Å². The van der Waals surface area contributed by atoms with Crippen LogP contribution < -0.4 is 5.73 Å². The van der Waals surface area contributed by atoms with Crippen LogP contribution in [0.3, 0.4) is 0 Å². The zero-order valence-corrected chi connectivity index (χ0v) is 11.3. The molecule has 0 spiro atoms. The molecule has 0 aliphatic rings. The summed E-state index contributed by atoms with van der Waals surface area (Å²) in [4.78, 5) is 13.4. The predicted octanol–water partition coefficient (Wildman–Crippen LogP) is 2.58. The lowest BCUT2D eigenvalue weighted by Crippen LogP contribution is -2.18. The van der Waals surface area contributed by atoms with E-state index in [4.69, 9.17) is 5.73 Å². The first-order valence-electron chi connectivity index (χ1n) is 6.65. The Kier molecular flexibility index (Phi) is 3.39. The average Bonchev–Trinajstić information content (AvgIpc) is 2.46. The second kappa shape index (κ2) is 5.35. The molecule has 3 rings (SSSR count). The van der Waals surface area contributed by atoms with E-state index in [9.17, 15) is 0 Å². The van der Waals surface area contributed by atoms with E-state index in [0.717, 1.165) is 28.6 Å². The fraction of sp³-hybridized carbons (Fsp3) is 0.188. The lowest BCUT2D eigenvalue weighted by Gasteiger charge is -2.07. The second-order valence-corrected chi connectivity index (χ2v) is 4.93. The van der Waals surface area contributed by atoms with Gasteiger partial charge < -0.3 is 5.73 Å². The highest BCUT2D eigenvalue weighted by atomic mass is 14.9. The van der Waals surface area contributed by atoms with E-state index in [1.165, 1.54) is 0 Å². The number of nitrogens with zero attached hydrogens (tertiary/aromatic N) is 3. The molecule has 1 atom stereocenters. The molecule has 0 radical (unpaired) electrons. The monoisotopic (exact) mass is 264 g/mol. The van der Waals surface area contributed by atoms with Crippen molar-refractivity contribution in [1.82, 2.24) is 15.0 Å². The molecule has 0 aliphatic carbocycles. The standard InChI is InChI=1S/C16H16N4/c1-11(17)10-13-7-9-19-16(20-13)15-14-5-3-2-4-12(14)6-8-18-15/h2-9,11H,10,17H2,1H3. The lowest BCUT2D eigenvalue weighted by molar-refractivity contribution is 0.720. The Morgan fingerprint density at radius 2 is 1.85 bits per heavy atom. The third-order valence-corrected chi connectivity index (χ3v) is 3.13. The summed E-state index contributed by atoms with van der Waals surface area (Å²) in [5, 5.41) is 2.20. The molecule has 2 aromatic heterocycles. The van der Waals surface area contributed by atoms with E-state index in [1.807, 2.05) is 37.3 Å². The van der Waals surface area contributed by atoms with Crippen LogP contribution >= 0.6 is 0 Å². The molecule has 3 aromatic rings. The van der Waals surface area contributed by atoms with Crippen molar-refractivity contribution in [2.45, 2.75) is 19.4 Å². The highest BCUT2D eigenvalue weighted by Crippen LogP contribution is 2.23. The van der Waals surface area contributed by atoms with Gasteiger partial charge in [0.2, 0.25) is 0 Å². The van der Waals surface area contributed by atoms with Gasteiger partial charge in [-0.2, -0.15) is 0 Å². The number of pyridine rings is 1. The molecule has 0 aliphatic heterocycles. The van der Waals surface area contributed by atoms with Crippen molar-refractivity contribution in [2.24, 2.45) is 5.73 Å². The van der Waals surface area contributed by atoms with Crippen molar-refractivity contribution >= 4 is 10.8 Å². The third kappa shape index (κ3) is 2.51.